The van der Waals surface area contributed by atoms with E-state index in [2.05, 4.69) is 10.1 Å². The summed E-state index contributed by atoms with van der Waals surface area (Å²) in [7, 11) is 0. The average molecular weight is 175 g/mol. The lowest BCUT2D eigenvalue weighted by molar-refractivity contribution is -0.148. The summed E-state index contributed by atoms with van der Waals surface area (Å²) in [6, 6.07) is -0.778. The summed E-state index contributed by atoms with van der Waals surface area (Å²) >= 11 is 0. The number of carbonyl (C=O) groups excluding carboxylic acids is 1. The van der Waals surface area contributed by atoms with Gasteiger partial charge in [0.15, 0.2) is 0 Å². The van der Waals surface area contributed by atoms with E-state index in [0.717, 1.165) is 0 Å². The maximum atomic E-state index is 11.0. The smallest absolute Gasteiger partial charge is 0.325 e. The molecule has 0 aromatic rings. The highest BCUT2D eigenvalue weighted by Crippen LogP contribution is 2.08. The Bertz CT molecular complexity index is 173. The number of hydrogen-bond acceptors (Lipinski definition) is 5. The van der Waals surface area contributed by atoms with Gasteiger partial charge in [0.2, 0.25) is 0 Å². The highest BCUT2D eigenvalue weighted by Gasteiger charge is 2.38. The van der Waals surface area contributed by atoms with E-state index in [1.165, 1.54) is 0 Å². The average Bonchev–Trinajstić information content (AvgIpc) is 2.34. The van der Waals surface area contributed by atoms with Gasteiger partial charge in [0, 0.05) is 6.54 Å². The lowest BCUT2D eigenvalue weighted by Crippen LogP contribution is -2.41. The molecule has 70 valence electrons. The molecule has 0 spiro atoms. The van der Waals surface area contributed by atoms with Crippen LogP contribution in [0.1, 0.15) is 6.92 Å². The Hall–Kier alpha value is -0.650. The number of ether oxygens (including phenoxy) is 1. The normalized spacial score (nSPS) is 35.1. The largest absolute Gasteiger partial charge is 0.465 e. The first-order valence-corrected chi connectivity index (χ1v) is 3.93. The maximum Gasteiger partial charge on any atom is 0.325 e. The molecule has 5 nitrogen and oxygen atoms in total. The first-order valence-electron chi connectivity index (χ1n) is 3.93. The minimum Gasteiger partial charge on any atom is -0.465 e. The highest BCUT2D eigenvalue weighted by atomic mass is 16.5. The molecular weight excluding hydrogens is 162 g/mol. The second-order valence-corrected chi connectivity index (χ2v) is 2.70. The van der Waals surface area contributed by atoms with Crippen LogP contribution in [0.5, 0.6) is 0 Å². The van der Waals surface area contributed by atoms with Gasteiger partial charge in [-0.3, -0.25) is 10.1 Å². The molecule has 1 aliphatic heterocycles. The molecular formula is C7H13NO4. The fourth-order valence-electron chi connectivity index (χ4n) is 1.17. The number of β-amino-alcohol motifs (C(OH)–C–C–N with tert-alkyl or cyclic N) is 1. The lowest BCUT2D eigenvalue weighted by Gasteiger charge is -2.13. The zero-order valence-corrected chi connectivity index (χ0v) is 6.86. The van der Waals surface area contributed by atoms with Crippen molar-refractivity contribution in [3.05, 3.63) is 0 Å². The van der Waals surface area contributed by atoms with Gasteiger partial charge in [-0.1, -0.05) is 0 Å². The van der Waals surface area contributed by atoms with E-state index in [1.54, 1.807) is 6.92 Å². The summed E-state index contributed by atoms with van der Waals surface area (Å²) in [6.45, 7) is 2.19. The predicted molar refractivity (Wildman–Crippen MR) is 40.4 cm³/mol. The van der Waals surface area contributed by atoms with Crippen molar-refractivity contribution in [1.29, 1.82) is 0 Å². The van der Waals surface area contributed by atoms with Crippen LogP contribution in [-0.2, 0) is 9.53 Å². The molecule has 12 heavy (non-hydrogen) atoms. The third-order valence-electron chi connectivity index (χ3n) is 1.82. The Kier molecular flexibility index (Phi) is 3.02. The van der Waals surface area contributed by atoms with Gasteiger partial charge in [-0.15, -0.1) is 0 Å². The van der Waals surface area contributed by atoms with Crippen LogP contribution in [0.25, 0.3) is 0 Å². The fraction of sp³-hybridized carbons (Fsp3) is 0.857. The van der Waals surface area contributed by atoms with Crippen LogP contribution in [0.15, 0.2) is 0 Å². The van der Waals surface area contributed by atoms with Crippen LogP contribution in [0.4, 0.5) is 0 Å². The van der Waals surface area contributed by atoms with Gasteiger partial charge in [0.05, 0.1) is 12.7 Å². The molecule has 3 N–H and O–H groups in total. The van der Waals surface area contributed by atoms with Crippen LogP contribution in [-0.4, -0.2) is 47.6 Å². The number of aliphatic hydroxyl groups excluding tert-OH is 2. The summed E-state index contributed by atoms with van der Waals surface area (Å²) in [5, 5.41) is 21.0. The van der Waals surface area contributed by atoms with Gasteiger partial charge >= 0.3 is 5.97 Å². The van der Waals surface area contributed by atoms with E-state index in [1.807, 2.05) is 0 Å². The molecule has 1 fully saturated rings. The molecule has 0 amide bonds. The zero-order chi connectivity index (χ0) is 9.14. The van der Waals surface area contributed by atoms with Crippen molar-refractivity contribution in [3.63, 3.8) is 0 Å². The third-order valence-corrected chi connectivity index (χ3v) is 1.82. The number of carbonyl (C=O) groups is 1. The SMILES string of the molecule is CCOC(=O)C1NCC(O)C1O. The molecule has 0 bridgehead atoms. The topological polar surface area (TPSA) is 78.8 Å². The van der Waals surface area contributed by atoms with Crippen LogP contribution in [0.2, 0.25) is 0 Å². The Morgan fingerprint density at radius 3 is 2.75 bits per heavy atom. The standard InChI is InChI=1S/C7H13NO4/c1-2-12-7(11)5-6(10)4(9)3-8-5/h4-6,8-10H,2-3H2,1H3. The second-order valence-electron chi connectivity index (χ2n) is 2.70. The van der Waals surface area contributed by atoms with Gasteiger partial charge in [-0.05, 0) is 6.92 Å². The van der Waals surface area contributed by atoms with Crippen molar-refractivity contribution in [2.75, 3.05) is 13.2 Å². The van der Waals surface area contributed by atoms with Crippen LogP contribution < -0.4 is 5.32 Å². The van der Waals surface area contributed by atoms with Gasteiger partial charge in [0.1, 0.15) is 12.1 Å². The van der Waals surface area contributed by atoms with Gasteiger partial charge in [0.25, 0.3) is 0 Å². The first-order chi connectivity index (χ1) is 5.66. The van der Waals surface area contributed by atoms with Crippen LogP contribution in [0, 0.1) is 0 Å². The molecule has 1 saturated heterocycles. The van der Waals surface area contributed by atoms with E-state index in [9.17, 15) is 9.90 Å². The summed E-state index contributed by atoms with van der Waals surface area (Å²) in [5.41, 5.74) is 0. The van der Waals surface area contributed by atoms with Crippen molar-refractivity contribution in [3.8, 4) is 0 Å². The van der Waals surface area contributed by atoms with E-state index >= 15 is 0 Å². The third kappa shape index (κ3) is 1.74. The lowest BCUT2D eigenvalue weighted by atomic mass is 10.1. The summed E-state index contributed by atoms with van der Waals surface area (Å²) in [5.74, 6) is -0.512. The number of hydrogen-bond donors (Lipinski definition) is 3. The first kappa shape index (κ1) is 9.44. The monoisotopic (exact) mass is 175 g/mol. The van der Waals surface area contributed by atoms with Gasteiger partial charge in [-0.25, -0.2) is 0 Å². The Labute approximate surface area is 70.3 Å². The second kappa shape index (κ2) is 3.84. The summed E-state index contributed by atoms with van der Waals surface area (Å²) in [6.07, 6.45) is -1.93. The molecule has 0 aromatic carbocycles. The Balaban J connectivity index is 2.47. The molecule has 0 aliphatic carbocycles. The number of rotatable bonds is 2. The van der Waals surface area contributed by atoms with E-state index in [0.29, 0.717) is 0 Å². The fourth-order valence-corrected chi connectivity index (χ4v) is 1.17. The Morgan fingerprint density at radius 1 is 1.67 bits per heavy atom. The van der Waals surface area contributed by atoms with Crippen molar-refractivity contribution in [2.24, 2.45) is 0 Å². The maximum absolute atomic E-state index is 11.0. The van der Waals surface area contributed by atoms with E-state index in [-0.39, 0.29) is 13.2 Å². The van der Waals surface area contributed by atoms with E-state index in [4.69, 9.17) is 5.11 Å². The molecule has 0 radical (unpaired) electrons. The number of nitrogens with one attached hydrogen (secondary N) is 1. The van der Waals surface area contributed by atoms with Crippen molar-refractivity contribution < 1.29 is 19.7 Å². The Morgan fingerprint density at radius 2 is 2.33 bits per heavy atom. The molecule has 0 aromatic heterocycles. The van der Waals surface area contributed by atoms with Crippen LogP contribution >= 0.6 is 0 Å². The number of aliphatic hydroxyl groups is 2. The van der Waals surface area contributed by atoms with Gasteiger partial charge in [-0.2, -0.15) is 0 Å². The molecule has 1 heterocycles. The molecule has 5 heteroatoms. The quantitative estimate of drug-likeness (QED) is 0.433. The predicted octanol–water partition coefficient (Wildman–Crippen LogP) is -1.76. The minimum atomic E-state index is -1.05. The molecule has 3 unspecified atom stereocenters. The summed E-state index contributed by atoms with van der Waals surface area (Å²) < 4.78 is 4.67. The van der Waals surface area contributed by atoms with Crippen molar-refractivity contribution in [1.82, 2.24) is 5.32 Å². The molecule has 1 aliphatic rings. The molecule has 0 saturated carbocycles. The molecule has 1 rings (SSSR count). The van der Waals surface area contributed by atoms with Crippen molar-refractivity contribution in [2.45, 2.75) is 25.2 Å². The highest BCUT2D eigenvalue weighted by molar-refractivity contribution is 5.77. The summed E-state index contributed by atoms with van der Waals surface area (Å²) in [4.78, 5) is 11.0. The minimum absolute atomic E-state index is 0.227. The molecule has 3 atom stereocenters. The van der Waals surface area contributed by atoms with Crippen molar-refractivity contribution >= 4 is 5.97 Å². The van der Waals surface area contributed by atoms with E-state index < -0.39 is 24.2 Å². The van der Waals surface area contributed by atoms with Gasteiger partial charge < -0.3 is 14.9 Å². The van der Waals surface area contributed by atoms with Crippen LogP contribution in [0.3, 0.4) is 0 Å². The zero-order valence-electron chi connectivity index (χ0n) is 6.86. The number of esters is 1.